The Bertz CT molecular complexity index is 269. The number of halogens is 2. The van der Waals surface area contributed by atoms with Crippen LogP contribution in [0.3, 0.4) is 0 Å². The van der Waals surface area contributed by atoms with E-state index in [9.17, 15) is 0 Å². The molecule has 4 heteroatoms. The maximum absolute atomic E-state index is 5.97. The standard InChI is InChI=1S/C11H17BrClNS/c1-2-6-14-7-4-3-5-9-8-10(12)11(13)15-9/h8,14H,2-7H2,1H3. The maximum atomic E-state index is 5.97. The summed E-state index contributed by atoms with van der Waals surface area (Å²) in [4.78, 5) is 1.38. The summed E-state index contributed by atoms with van der Waals surface area (Å²) >= 11 is 11.1. The summed E-state index contributed by atoms with van der Waals surface area (Å²) < 4.78 is 1.90. The van der Waals surface area contributed by atoms with Crippen molar-refractivity contribution in [2.24, 2.45) is 0 Å². The monoisotopic (exact) mass is 309 g/mol. The fourth-order valence-corrected chi connectivity index (χ4v) is 3.20. The SMILES string of the molecule is CCCNCCCCc1cc(Br)c(Cl)s1. The normalized spacial score (nSPS) is 10.9. The largest absolute Gasteiger partial charge is 0.317 e. The van der Waals surface area contributed by atoms with E-state index in [4.69, 9.17) is 11.6 Å². The fourth-order valence-electron chi connectivity index (χ4n) is 1.37. The summed E-state index contributed by atoms with van der Waals surface area (Å²) in [5.41, 5.74) is 0. The van der Waals surface area contributed by atoms with Crippen molar-refractivity contribution in [3.05, 3.63) is 19.8 Å². The number of thiophene rings is 1. The minimum absolute atomic E-state index is 0.870. The summed E-state index contributed by atoms with van der Waals surface area (Å²) in [6.07, 6.45) is 4.84. The highest BCUT2D eigenvalue weighted by Gasteiger charge is 2.03. The molecule has 0 aromatic carbocycles. The van der Waals surface area contributed by atoms with Crippen molar-refractivity contribution in [2.75, 3.05) is 13.1 Å². The Morgan fingerprint density at radius 3 is 2.80 bits per heavy atom. The summed E-state index contributed by atoms with van der Waals surface area (Å²) in [7, 11) is 0. The zero-order valence-electron chi connectivity index (χ0n) is 8.98. The average Bonchev–Trinajstić information content (AvgIpc) is 2.52. The van der Waals surface area contributed by atoms with Gasteiger partial charge in [0.05, 0.1) is 0 Å². The zero-order chi connectivity index (χ0) is 11.1. The van der Waals surface area contributed by atoms with Crippen LogP contribution < -0.4 is 5.32 Å². The van der Waals surface area contributed by atoms with Gasteiger partial charge in [-0.3, -0.25) is 0 Å². The highest BCUT2D eigenvalue weighted by atomic mass is 79.9. The third-order valence-corrected chi connectivity index (χ3v) is 4.68. The Labute approximate surface area is 109 Å². The van der Waals surface area contributed by atoms with Gasteiger partial charge in [0, 0.05) is 9.35 Å². The Balaban J connectivity index is 2.10. The molecule has 1 rings (SSSR count). The van der Waals surface area contributed by atoms with E-state index in [2.05, 4.69) is 34.2 Å². The lowest BCUT2D eigenvalue weighted by Gasteiger charge is -2.01. The van der Waals surface area contributed by atoms with Crippen LogP contribution in [0.15, 0.2) is 10.5 Å². The van der Waals surface area contributed by atoms with Crippen molar-refractivity contribution in [1.82, 2.24) is 5.32 Å². The predicted octanol–water partition coefficient (Wildman–Crippen LogP) is 4.49. The molecule has 0 amide bonds. The summed E-state index contributed by atoms with van der Waals surface area (Å²) in [5, 5.41) is 3.41. The van der Waals surface area contributed by atoms with Crippen molar-refractivity contribution in [3.63, 3.8) is 0 Å². The Morgan fingerprint density at radius 2 is 2.20 bits per heavy atom. The molecule has 0 unspecified atom stereocenters. The van der Waals surface area contributed by atoms with Crippen LogP contribution in [0.25, 0.3) is 0 Å². The van der Waals surface area contributed by atoms with Gasteiger partial charge in [-0.05, 0) is 60.8 Å². The first-order valence-corrected chi connectivity index (χ1v) is 7.37. The third kappa shape index (κ3) is 5.34. The molecule has 15 heavy (non-hydrogen) atoms. The third-order valence-electron chi connectivity index (χ3n) is 2.15. The molecule has 0 aliphatic heterocycles. The van der Waals surface area contributed by atoms with Crippen molar-refractivity contribution in [1.29, 1.82) is 0 Å². The smallest absolute Gasteiger partial charge is 0.107 e. The van der Waals surface area contributed by atoms with Crippen molar-refractivity contribution >= 4 is 38.9 Å². The highest BCUT2D eigenvalue weighted by molar-refractivity contribution is 9.10. The van der Waals surface area contributed by atoms with Gasteiger partial charge in [-0.2, -0.15) is 0 Å². The molecule has 0 spiro atoms. The summed E-state index contributed by atoms with van der Waals surface area (Å²) in [5.74, 6) is 0. The van der Waals surface area contributed by atoms with E-state index in [0.717, 1.165) is 28.3 Å². The topological polar surface area (TPSA) is 12.0 Å². The molecule has 1 nitrogen and oxygen atoms in total. The Morgan fingerprint density at radius 1 is 1.40 bits per heavy atom. The molecule has 0 aliphatic rings. The van der Waals surface area contributed by atoms with E-state index >= 15 is 0 Å². The van der Waals surface area contributed by atoms with Gasteiger partial charge in [-0.15, -0.1) is 11.3 Å². The molecule has 1 aromatic heterocycles. The first-order chi connectivity index (χ1) is 7.24. The molecule has 0 fully saturated rings. The van der Waals surface area contributed by atoms with Crippen molar-refractivity contribution in [2.45, 2.75) is 32.6 Å². The number of nitrogens with one attached hydrogen (secondary N) is 1. The van der Waals surface area contributed by atoms with E-state index in [1.165, 1.54) is 24.1 Å². The summed E-state index contributed by atoms with van der Waals surface area (Å²) in [6.45, 7) is 4.46. The van der Waals surface area contributed by atoms with E-state index < -0.39 is 0 Å². The summed E-state index contributed by atoms with van der Waals surface area (Å²) in [6, 6.07) is 2.13. The minimum Gasteiger partial charge on any atom is -0.317 e. The van der Waals surface area contributed by atoms with Crippen LogP contribution in [-0.4, -0.2) is 13.1 Å². The molecule has 0 saturated carbocycles. The van der Waals surface area contributed by atoms with Gasteiger partial charge in [0.25, 0.3) is 0 Å². The average molecular weight is 311 g/mol. The van der Waals surface area contributed by atoms with Gasteiger partial charge in [0.1, 0.15) is 4.34 Å². The van der Waals surface area contributed by atoms with Crippen LogP contribution >= 0.6 is 38.9 Å². The molecule has 0 saturated heterocycles. The second kappa shape index (κ2) is 7.66. The molecule has 86 valence electrons. The number of rotatable bonds is 7. The minimum atomic E-state index is 0.870. The molecule has 0 radical (unpaired) electrons. The van der Waals surface area contributed by atoms with Gasteiger partial charge in [0.15, 0.2) is 0 Å². The highest BCUT2D eigenvalue weighted by Crippen LogP contribution is 2.32. The molecular formula is C11H17BrClNS. The van der Waals surface area contributed by atoms with Crippen LogP contribution in [0.2, 0.25) is 4.34 Å². The van der Waals surface area contributed by atoms with Gasteiger partial charge in [0.2, 0.25) is 0 Å². The van der Waals surface area contributed by atoms with Gasteiger partial charge < -0.3 is 5.32 Å². The number of hydrogen-bond donors (Lipinski definition) is 1. The second-order valence-electron chi connectivity index (χ2n) is 3.54. The number of unbranched alkanes of at least 4 members (excludes halogenated alkanes) is 1. The first-order valence-electron chi connectivity index (χ1n) is 5.38. The van der Waals surface area contributed by atoms with Gasteiger partial charge >= 0.3 is 0 Å². The Kier molecular flexibility index (Phi) is 6.89. The first kappa shape index (κ1) is 13.5. The Hall–Kier alpha value is 0.430. The maximum Gasteiger partial charge on any atom is 0.107 e. The van der Waals surface area contributed by atoms with Crippen LogP contribution in [0, 0.1) is 0 Å². The lowest BCUT2D eigenvalue weighted by atomic mass is 10.2. The van der Waals surface area contributed by atoms with Crippen LogP contribution in [0.5, 0.6) is 0 Å². The van der Waals surface area contributed by atoms with Crippen LogP contribution in [0.4, 0.5) is 0 Å². The molecule has 1 heterocycles. The zero-order valence-corrected chi connectivity index (χ0v) is 12.1. The molecule has 0 atom stereocenters. The lowest BCUT2D eigenvalue weighted by Crippen LogP contribution is -2.15. The molecule has 0 bridgehead atoms. The van der Waals surface area contributed by atoms with E-state index in [1.807, 2.05) is 0 Å². The quantitative estimate of drug-likeness (QED) is 0.732. The van der Waals surface area contributed by atoms with Gasteiger partial charge in [-0.1, -0.05) is 18.5 Å². The van der Waals surface area contributed by atoms with Crippen molar-refractivity contribution < 1.29 is 0 Å². The van der Waals surface area contributed by atoms with E-state index in [1.54, 1.807) is 11.3 Å². The fraction of sp³-hybridized carbons (Fsp3) is 0.636. The molecule has 1 N–H and O–H groups in total. The molecular weight excluding hydrogens is 294 g/mol. The van der Waals surface area contributed by atoms with Crippen LogP contribution in [-0.2, 0) is 6.42 Å². The number of aryl methyl sites for hydroxylation is 1. The van der Waals surface area contributed by atoms with E-state index in [-0.39, 0.29) is 0 Å². The van der Waals surface area contributed by atoms with Crippen LogP contribution in [0.1, 0.15) is 31.1 Å². The number of hydrogen-bond acceptors (Lipinski definition) is 2. The predicted molar refractivity (Wildman–Crippen MR) is 73.1 cm³/mol. The lowest BCUT2D eigenvalue weighted by molar-refractivity contribution is 0.618. The molecule has 1 aromatic rings. The second-order valence-corrected chi connectivity index (χ2v) is 6.13. The van der Waals surface area contributed by atoms with Crippen molar-refractivity contribution in [3.8, 4) is 0 Å². The van der Waals surface area contributed by atoms with E-state index in [0.29, 0.717) is 0 Å². The molecule has 0 aliphatic carbocycles. The van der Waals surface area contributed by atoms with Gasteiger partial charge in [-0.25, -0.2) is 0 Å².